The van der Waals surface area contributed by atoms with Crippen molar-refractivity contribution in [2.75, 3.05) is 13.2 Å². The van der Waals surface area contributed by atoms with Gasteiger partial charge in [-0.2, -0.15) is 0 Å². The van der Waals surface area contributed by atoms with Gasteiger partial charge in [0, 0.05) is 23.3 Å². The van der Waals surface area contributed by atoms with Gasteiger partial charge in [-0.3, -0.25) is 0 Å². The molecule has 0 saturated carbocycles. The highest BCUT2D eigenvalue weighted by molar-refractivity contribution is 7.81. The minimum atomic E-state index is -0.970. The lowest BCUT2D eigenvalue weighted by Crippen LogP contribution is -2.25. The standard InChI is InChI=1S/C41H32O5S2/c42-33(25-45-34-19-21-36(38(43)23-34)40(47)31-15-11-29(12-16-31)27-7-3-1-4-8-27)26-46-35-20-22-37(39(44)24-35)41(48)32-17-13-30(14-18-32)28-9-5-2-6-10-28/h1-24,33,42-44H,25-26H2. The van der Waals surface area contributed by atoms with Crippen LogP contribution in [0.2, 0.25) is 0 Å². The Morgan fingerprint density at radius 1 is 0.479 bits per heavy atom. The van der Waals surface area contributed by atoms with E-state index < -0.39 is 6.10 Å². The van der Waals surface area contributed by atoms with Gasteiger partial charge in [0.2, 0.25) is 0 Å². The molecule has 48 heavy (non-hydrogen) atoms. The summed E-state index contributed by atoms with van der Waals surface area (Å²) in [6.07, 6.45) is -0.970. The summed E-state index contributed by atoms with van der Waals surface area (Å²) in [5.41, 5.74) is 7.06. The molecule has 6 aromatic rings. The summed E-state index contributed by atoms with van der Waals surface area (Å²) in [5, 5.41) is 31.9. The highest BCUT2D eigenvalue weighted by Gasteiger charge is 2.15. The third-order valence-electron chi connectivity index (χ3n) is 7.82. The Morgan fingerprint density at radius 2 is 0.833 bits per heavy atom. The summed E-state index contributed by atoms with van der Waals surface area (Å²) in [7, 11) is 0. The molecule has 0 heterocycles. The Balaban J connectivity index is 1.00. The van der Waals surface area contributed by atoms with Gasteiger partial charge < -0.3 is 24.8 Å². The Labute approximate surface area is 290 Å². The van der Waals surface area contributed by atoms with E-state index >= 15 is 0 Å². The zero-order chi connectivity index (χ0) is 33.5. The van der Waals surface area contributed by atoms with Gasteiger partial charge in [0.25, 0.3) is 0 Å². The quantitative estimate of drug-likeness (QED) is 0.0889. The first-order valence-corrected chi connectivity index (χ1v) is 16.2. The minimum absolute atomic E-state index is 0.0176. The van der Waals surface area contributed by atoms with E-state index in [1.54, 1.807) is 24.3 Å². The molecule has 238 valence electrons. The Kier molecular flexibility index (Phi) is 10.2. The van der Waals surface area contributed by atoms with Crippen LogP contribution in [0.3, 0.4) is 0 Å². The zero-order valence-corrected chi connectivity index (χ0v) is 27.5. The molecule has 6 rings (SSSR count). The normalized spacial score (nSPS) is 10.9. The number of thiocarbonyl (C=S) groups is 2. The summed E-state index contributed by atoms with van der Waals surface area (Å²) in [6, 6.07) is 45.7. The minimum Gasteiger partial charge on any atom is -0.507 e. The van der Waals surface area contributed by atoms with Crippen molar-refractivity contribution in [1.82, 2.24) is 0 Å². The van der Waals surface area contributed by atoms with Gasteiger partial charge in [0.15, 0.2) is 0 Å². The Bertz CT molecular complexity index is 1880. The second-order valence-corrected chi connectivity index (χ2v) is 12.0. The monoisotopic (exact) mass is 668 g/mol. The molecular weight excluding hydrogens is 637 g/mol. The number of phenolic OH excluding ortho intramolecular Hbond substituents is 2. The smallest absolute Gasteiger partial charge is 0.127 e. The second-order valence-electron chi connectivity index (χ2n) is 11.2. The van der Waals surface area contributed by atoms with Crippen LogP contribution in [0.5, 0.6) is 23.0 Å². The van der Waals surface area contributed by atoms with Gasteiger partial charge in [-0.05, 0) is 57.6 Å². The number of aliphatic hydroxyl groups excluding tert-OH is 1. The van der Waals surface area contributed by atoms with Crippen molar-refractivity contribution in [2.45, 2.75) is 6.10 Å². The summed E-state index contributed by atoms with van der Waals surface area (Å²) in [5.74, 6) is 0.724. The fourth-order valence-corrected chi connectivity index (χ4v) is 5.84. The van der Waals surface area contributed by atoms with Crippen molar-refractivity contribution in [1.29, 1.82) is 0 Å². The van der Waals surface area contributed by atoms with Crippen LogP contribution in [0.1, 0.15) is 22.3 Å². The molecule has 0 unspecified atom stereocenters. The van der Waals surface area contributed by atoms with E-state index in [1.165, 1.54) is 12.1 Å². The maximum Gasteiger partial charge on any atom is 0.127 e. The maximum absolute atomic E-state index is 10.7. The molecule has 0 aliphatic heterocycles. The predicted octanol–water partition coefficient (Wildman–Crippen LogP) is 8.78. The molecule has 3 N–H and O–H groups in total. The van der Waals surface area contributed by atoms with Crippen molar-refractivity contribution in [3.05, 3.63) is 168 Å². The van der Waals surface area contributed by atoms with Gasteiger partial charge in [-0.25, -0.2) is 0 Å². The molecule has 0 saturated heterocycles. The van der Waals surface area contributed by atoms with Crippen molar-refractivity contribution >= 4 is 34.2 Å². The summed E-state index contributed by atoms with van der Waals surface area (Å²) >= 11 is 11.3. The molecule has 0 radical (unpaired) electrons. The highest BCUT2D eigenvalue weighted by atomic mass is 32.1. The molecule has 0 aromatic heterocycles. The number of hydrogen-bond donors (Lipinski definition) is 3. The van der Waals surface area contributed by atoms with Gasteiger partial charge in [-0.15, -0.1) is 0 Å². The Hall–Kier alpha value is -5.34. The predicted molar refractivity (Wildman–Crippen MR) is 199 cm³/mol. The van der Waals surface area contributed by atoms with Crippen LogP contribution in [-0.4, -0.2) is 44.4 Å². The molecule has 0 bridgehead atoms. The van der Waals surface area contributed by atoms with Crippen molar-refractivity contribution in [3.8, 4) is 45.3 Å². The van der Waals surface area contributed by atoms with Crippen LogP contribution in [0.15, 0.2) is 146 Å². The third kappa shape index (κ3) is 7.78. The van der Waals surface area contributed by atoms with E-state index in [0.29, 0.717) is 32.4 Å². The van der Waals surface area contributed by atoms with E-state index in [-0.39, 0.29) is 24.7 Å². The van der Waals surface area contributed by atoms with Crippen molar-refractivity contribution in [3.63, 3.8) is 0 Å². The molecule has 0 spiro atoms. The molecule has 0 fully saturated rings. The van der Waals surface area contributed by atoms with E-state index in [2.05, 4.69) is 0 Å². The molecule has 0 amide bonds. The van der Waals surface area contributed by atoms with E-state index in [4.69, 9.17) is 33.9 Å². The summed E-state index contributed by atoms with van der Waals surface area (Å²) < 4.78 is 11.4. The van der Waals surface area contributed by atoms with Gasteiger partial charge >= 0.3 is 0 Å². The van der Waals surface area contributed by atoms with E-state index in [1.807, 2.05) is 109 Å². The van der Waals surface area contributed by atoms with Crippen LogP contribution in [-0.2, 0) is 0 Å². The first-order valence-electron chi connectivity index (χ1n) is 15.4. The summed E-state index contributed by atoms with van der Waals surface area (Å²) in [4.78, 5) is 1.03. The lowest BCUT2D eigenvalue weighted by atomic mass is 9.99. The lowest BCUT2D eigenvalue weighted by Gasteiger charge is -2.15. The number of phenols is 2. The van der Waals surface area contributed by atoms with Crippen molar-refractivity contribution < 1.29 is 24.8 Å². The Morgan fingerprint density at radius 3 is 1.19 bits per heavy atom. The number of rotatable bonds is 12. The van der Waals surface area contributed by atoms with Crippen LogP contribution < -0.4 is 9.47 Å². The topological polar surface area (TPSA) is 79.2 Å². The molecule has 0 aliphatic carbocycles. The van der Waals surface area contributed by atoms with Gasteiger partial charge in [-0.1, -0.05) is 134 Å². The lowest BCUT2D eigenvalue weighted by molar-refractivity contribution is 0.0625. The number of hydrogen-bond acceptors (Lipinski definition) is 7. The highest BCUT2D eigenvalue weighted by Crippen LogP contribution is 2.30. The fourth-order valence-electron chi connectivity index (χ4n) is 5.22. The summed E-state index contributed by atoms with van der Waals surface area (Å²) in [6.45, 7) is -0.144. The molecule has 7 heteroatoms. The largest absolute Gasteiger partial charge is 0.507 e. The first kappa shape index (κ1) is 32.6. The third-order valence-corrected chi connectivity index (χ3v) is 8.73. The van der Waals surface area contributed by atoms with Crippen LogP contribution in [0.4, 0.5) is 0 Å². The first-order chi connectivity index (χ1) is 23.4. The fraction of sp³-hybridized carbons (Fsp3) is 0.0732. The average Bonchev–Trinajstić information content (AvgIpc) is 3.13. The van der Waals surface area contributed by atoms with Crippen LogP contribution in [0, 0.1) is 0 Å². The second kappa shape index (κ2) is 15.0. The maximum atomic E-state index is 10.7. The zero-order valence-electron chi connectivity index (χ0n) is 25.8. The SMILES string of the molecule is Oc1cc(OCC(O)COc2ccc(C(=S)c3ccc(-c4ccccc4)cc3)c(O)c2)ccc1C(=S)c1ccc(-c2ccccc2)cc1. The number of benzene rings is 6. The van der Waals surface area contributed by atoms with Gasteiger partial charge in [0.05, 0.1) is 9.73 Å². The molecule has 6 aromatic carbocycles. The molecular formula is C41H32O5S2. The number of aliphatic hydroxyl groups is 1. The molecule has 5 nitrogen and oxygen atoms in total. The van der Waals surface area contributed by atoms with Crippen LogP contribution in [0.25, 0.3) is 22.3 Å². The molecule has 0 atom stereocenters. The average molecular weight is 669 g/mol. The number of aromatic hydroxyl groups is 2. The number of ether oxygens (including phenoxy) is 2. The molecule has 0 aliphatic rings. The van der Waals surface area contributed by atoms with Gasteiger partial charge in [0.1, 0.15) is 42.3 Å². The van der Waals surface area contributed by atoms with Crippen LogP contribution >= 0.6 is 24.4 Å². The van der Waals surface area contributed by atoms with E-state index in [9.17, 15) is 15.3 Å². The van der Waals surface area contributed by atoms with E-state index in [0.717, 1.165) is 33.4 Å². The van der Waals surface area contributed by atoms with Crippen molar-refractivity contribution in [2.24, 2.45) is 0 Å².